The Morgan fingerprint density at radius 1 is 0.917 bits per heavy atom. The molecule has 1 N–H and O–H groups in total. The number of Topliss-reactive ketones (excluding diaryl/α,β-unsaturated/α-hetero) is 2. The van der Waals surface area contributed by atoms with Gasteiger partial charge in [-0.05, 0) is 65.4 Å². The summed E-state index contributed by atoms with van der Waals surface area (Å²) in [6.07, 6.45) is -1.18. The number of rotatable bonds is 6. The summed E-state index contributed by atoms with van der Waals surface area (Å²) in [5.74, 6) is 0.581. The summed E-state index contributed by atoms with van der Waals surface area (Å²) >= 11 is 1.19. The van der Waals surface area contributed by atoms with E-state index in [1.807, 2.05) is 24.3 Å². The molecule has 0 radical (unpaired) electrons. The maximum Gasteiger partial charge on any atom is 0.275 e. The van der Waals surface area contributed by atoms with Crippen molar-refractivity contribution in [1.82, 2.24) is 4.72 Å². The maximum atomic E-state index is 13.3. The molecule has 3 aromatic rings. The molecule has 1 aliphatic carbocycles. The van der Waals surface area contributed by atoms with Crippen LogP contribution < -0.4 is 18.9 Å². The number of fused-ring (bicyclic) bond motifs is 2. The molecule has 0 spiro atoms. The lowest BCUT2D eigenvalue weighted by atomic mass is 9.87. The summed E-state index contributed by atoms with van der Waals surface area (Å²) in [4.78, 5) is 38.4. The van der Waals surface area contributed by atoms with Crippen molar-refractivity contribution < 1.29 is 28.6 Å². The Balaban J connectivity index is 1.38. The van der Waals surface area contributed by atoms with Crippen LogP contribution in [0.1, 0.15) is 65.1 Å². The molecule has 5 rings (SSSR count). The summed E-state index contributed by atoms with van der Waals surface area (Å²) in [7, 11) is 0. The highest BCUT2D eigenvalue weighted by atomic mass is 32.2. The number of nitrogens with one attached hydrogen (secondary N) is 1. The van der Waals surface area contributed by atoms with Gasteiger partial charge in [0.05, 0.1) is 6.42 Å². The molecule has 0 saturated carbocycles. The Morgan fingerprint density at radius 3 is 2.39 bits per heavy atom. The van der Waals surface area contributed by atoms with Gasteiger partial charge in [-0.25, -0.2) is 0 Å². The standard InChI is InChI=1S/C28H25NO6S/c1-28(2,3)17-5-8-19(9-6-17)36-29-27(32)26(16-4-11-24-25(12-16)34-15-33-24)35-18-7-10-20-21(13-18)23(31)14-22(20)30/h4-13,26H,14-15H2,1-3H3,(H,29,32). The predicted molar refractivity (Wildman–Crippen MR) is 135 cm³/mol. The normalized spacial score (nSPS) is 15.0. The lowest BCUT2D eigenvalue weighted by molar-refractivity contribution is -0.126. The zero-order chi connectivity index (χ0) is 25.4. The van der Waals surface area contributed by atoms with Crippen molar-refractivity contribution in [3.8, 4) is 17.2 Å². The van der Waals surface area contributed by atoms with E-state index in [0.29, 0.717) is 33.9 Å². The van der Waals surface area contributed by atoms with Crippen LogP contribution in [0.15, 0.2) is 65.6 Å². The minimum absolute atomic E-state index is 0.0343. The first-order valence-corrected chi connectivity index (χ1v) is 12.3. The van der Waals surface area contributed by atoms with Gasteiger partial charge < -0.3 is 14.2 Å². The fourth-order valence-electron chi connectivity index (χ4n) is 4.08. The average molecular weight is 504 g/mol. The number of ether oxygens (including phenoxy) is 3. The summed E-state index contributed by atoms with van der Waals surface area (Å²) in [5, 5.41) is 0. The Labute approximate surface area is 213 Å². The van der Waals surface area contributed by atoms with Crippen LogP contribution in [0.4, 0.5) is 0 Å². The van der Waals surface area contributed by atoms with Crippen molar-refractivity contribution in [3.05, 3.63) is 82.9 Å². The third kappa shape index (κ3) is 4.81. The van der Waals surface area contributed by atoms with E-state index < -0.39 is 6.10 Å². The van der Waals surface area contributed by atoms with E-state index in [2.05, 4.69) is 25.5 Å². The van der Waals surface area contributed by atoms with Crippen LogP contribution in [0.2, 0.25) is 0 Å². The molecule has 1 atom stereocenters. The third-order valence-corrected chi connectivity index (χ3v) is 6.91. The zero-order valence-corrected chi connectivity index (χ0v) is 20.9. The second-order valence-electron chi connectivity index (χ2n) is 9.68. The summed E-state index contributed by atoms with van der Waals surface area (Å²) < 4.78 is 19.8. The van der Waals surface area contributed by atoms with Gasteiger partial charge in [0, 0.05) is 21.6 Å². The van der Waals surface area contributed by atoms with Gasteiger partial charge in [-0.15, -0.1) is 0 Å². The van der Waals surface area contributed by atoms with Crippen LogP contribution in [0.5, 0.6) is 17.2 Å². The number of hydrogen-bond acceptors (Lipinski definition) is 7. The molecule has 1 aliphatic heterocycles. The predicted octanol–water partition coefficient (Wildman–Crippen LogP) is 5.43. The Hall–Kier alpha value is -3.78. The van der Waals surface area contributed by atoms with E-state index >= 15 is 0 Å². The Morgan fingerprint density at radius 2 is 1.64 bits per heavy atom. The van der Waals surface area contributed by atoms with E-state index in [4.69, 9.17) is 14.2 Å². The fraction of sp³-hybridized carbons (Fsp3) is 0.250. The van der Waals surface area contributed by atoms with E-state index in [-0.39, 0.29) is 36.1 Å². The lowest BCUT2D eigenvalue weighted by Gasteiger charge is -2.20. The molecule has 1 amide bonds. The number of amides is 1. The molecule has 8 heteroatoms. The van der Waals surface area contributed by atoms with Gasteiger partial charge in [-0.3, -0.25) is 19.1 Å². The smallest absolute Gasteiger partial charge is 0.275 e. The maximum absolute atomic E-state index is 13.3. The Bertz CT molecular complexity index is 1360. The van der Waals surface area contributed by atoms with Crippen molar-refractivity contribution in [2.45, 2.75) is 43.6 Å². The summed E-state index contributed by atoms with van der Waals surface area (Å²) in [5.41, 5.74) is 2.49. The quantitative estimate of drug-likeness (QED) is 0.354. The highest BCUT2D eigenvalue weighted by molar-refractivity contribution is 7.98. The van der Waals surface area contributed by atoms with Crippen LogP contribution in [0, 0.1) is 0 Å². The molecular formula is C28H25NO6S. The minimum atomic E-state index is -1.04. The summed E-state index contributed by atoms with van der Waals surface area (Å²) in [6.45, 7) is 6.55. The largest absolute Gasteiger partial charge is 0.476 e. The molecule has 3 aromatic carbocycles. The van der Waals surface area contributed by atoms with Crippen LogP contribution in [0.25, 0.3) is 0 Å². The average Bonchev–Trinajstić information content (AvgIpc) is 3.44. The van der Waals surface area contributed by atoms with Crippen LogP contribution in [0.3, 0.4) is 0 Å². The van der Waals surface area contributed by atoms with Gasteiger partial charge in [0.25, 0.3) is 5.91 Å². The number of carbonyl (C=O) groups excluding carboxylic acids is 3. The molecule has 184 valence electrons. The van der Waals surface area contributed by atoms with Crippen molar-refractivity contribution in [2.75, 3.05) is 6.79 Å². The van der Waals surface area contributed by atoms with E-state index in [1.54, 1.807) is 30.3 Å². The SMILES string of the molecule is CC(C)(C)c1ccc(SNC(=O)C(Oc2ccc3c(c2)C(=O)CC3=O)c2ccc3c(c2)OCO3)cc1. The first kappa shape index (κ1) is 23.9. The number of benzene rings is 3. The zero-order valence-electron chi connectivity index (χ0n) is 20.1. The molecule has 1 unspecified atom stereocenters. The number of hydrogen-bond donors (Lipinski definition) is 1. The fourth-order valence-corrected chi connectivity index (χ4v) is 4.68. The van der Waals surface area contributed by atoms with Crippen molar-refractivity contribution in [1.29, 1.82) is 0 Å². The molecule has 0 bridgehead atoms. The number of carbonyl (C=O) groups is 3. The van der Waals surface area contributed by atoms with Gasteiger partial charge in [0.1, 0.15) is 5.75 Å². The van der Waals surface area contributed by atoms with E-state index in [1.165, 1.54) is 23.6 Å². The van der Waals surface area contributed by atoms with Crippen molar-refractivity contribution in [2.24, 2.45) is 0 Å². The van der Waals surface area contributed by atoms with Crippen LogP contribution in [-0.2, 0) is 10.2 Å². The van der Waals surface area contributed by atoms with Crippen molar-refractivity contribution in [3.63, 3.8) is 0 Å². The van der Waals surface area contributed by atoms with Gasteiger partial charge in [-0.1, -0.05) is 39.0 Å². The third-order valence-electron chi connectivity index (χ3n) is 6.09. The highest BCUT2D eigenvalue weighted by Crippen LogP contribution is 2.36. The second-order valence-corrected chi connectivity index (χ2v) is 10.6. The Kier molecular flexibility index (Phi) is 6.22. The lowest BCUT2D eigenvalue weighted by Crippen LogP contribution is -2.28. The van der Waals surface area contributed by atoms with Gasteiger partial charge in [0.15, 0.2) is 23.1 Å². The van der Waals surface area contributed by atoms with Crippen LogP contribution in [-0.4, -0.2) is 24.3 Å². The second kappa shape index (κ2) is 9.35. The summed E-state index contributed by atoms with van der Waals surface area (Å²) in [6, 6.07) is 17.9. The molecule has 7 nitrogen and oxygen atoms in total. The molecule has 0 saturated heterocycles. The molecule has 1 heterocycles. The molecule has 36 heavy (non-hydrogen) atoms. The van der Waals surface area contributed by atoms with E-state index in [9.17, 15) is 14.4 Å². The molecule has 2 aliphatic rings. The first-order chi connectivity index (χ1) is 17.2. The molecule has 0 fully saturated rings. The van der Waals surface area contributed by atoms with E-state index in [0.717, 1.165) is 4.90 Å². The number of ketones is 2. The topological polar surface area (TPSA) is 90.9 Å². The monoisotopic (exact) mass is 503 g/mol. The van der Waals surface area contributed by atoms with Gasteiger partial charge in [-0.2, -0.15) is 0 Å². The minimum Gasteiger partial charge on any atom is -0.476 e. The molecule has 0 aromatic heterocycles. The first-order valence-electron chi connectivity index (χ1n) is 11.5. The molecular weight excluding hydrogens is 478 g/mol. The highest BCUT2D eigenvalue weighted by Gasteiger charge is 2.30. The van der Waals surface area contributed by atoms with Gasteiger partial charge >= 0.3 is 0 Å². The van der Waals surface area contributed by atoms with Crippen LogP contribution >= 0.6 is 11.9 Å². The van der Waals surface area contributed by atoms with Crippen molar-refractivity contribution >= 4 is 29.4 Å². The van der Waals surface area contributed by atoms with Gasteiger partial charge in [0.2, 0.25) is 12.9 Å².